The van der Waals surface area contributed by atoms with Crippen LogP contribution in [0.5, 0.6) is 0 Å². The number of hydrogen-bond donors (Lipinski definition) is 2. The van der Waals surface area contributed by atoms with E-state index < -0.39 is 4.92 Å². The predicted octanol–water partition coefficient (Wildman–Crippen LogP) is 1.83. The third-order valence-electron chi connectivity index (χ3n) is 4.41. The first-order chi connectivity index (χ1) is 10.0. The summed E-state index contributed by atoms with van der Waals surface area (Å²) in [5, 5.41) is 23.3. The van der Waals surface area contributed by atoms with Gasteiger partial charge in [-0.1, -0.05) is 6.07 Å². The Morgan fingerprint density at radius 2 is 2.19 bits per heavy atom. The van der Waals surface area contributed by atoms with Crippen LogP contribution in [0.25, 0.3) is 0 Å². The smallest absolute Gasteiger partial charge is 0.321 e. The van der Waals surface area contributed by atoms with Crippen LogP contribution in [0.4, 0.5) is 16.2 Å². The highest BCUT2D eigenvalue weighted by Gasteiger charge is 2.43. The summed E-state index contributed by atoms with van der Waals surface area (Å²) in [6.45, 7) is 1.19. The zero-order valence-electron chi connectivity index (χ0n) is 11.4. The van der Waals surface area contributed by atoms with Gasteiger partial charge >= 0.3 is 6.03 Å². The summed E-state index contributed by atoms with van der Waals surface area (Å²) in [4.78, 5) is 24.1. The van der Waals surface area contributed by atoms with Gasteiger partial charge in [0.05, 0.1) is 11.0 Å². The Kier molecular flexibility index (Phi) is 3.50. The first-order valence-corrected chi connectivity index (χ1v) is 7.03. The van der Waals surface area contributed by atoms with Gasteiger partial charge in [-0.3, -0.25) is 10.1 Å². The SMILES string of the molecule is O=C(Nc1cccc([N+](=O)[O-])c1)N1CC2CCC(O)C2C1. The summed E-state index contributed by atoms with van der Waals surface area (Å²) in [6.07, 6.45) is 1.45. The lowest BCUT2D eigenvalue weighted by Gasteiger charge is -2.19. The van der Waals surface area contributed by atoms with E-state index in [0.29, 0.717) is 24.7 Å². The number of nitro benzene ring substituents is 1. The molecule has 0 aromatic heterocycles. The molecule has 1 saturated heterocycles. The van der Waals surface area contributed by atoms with Gasteiger partial charge < -0.3 is 15.3 Å². The minimum Gasteiger partial charge on any atom is -0.393 e. The molecule has 0 bridgehead atoms. The zero-order valence-corrected chi connectivity index (χ0v) is 11.4. The molecule has 1 aromatic carbocycles. The molecule has 0 spiro atoms. The third kappa shape index (κ3) is 2.69. The van der Waals surface area contributed by atoms with Crippen molar-refractivity contribution in [2.75, 3.05) is 18.4 Å². The fourth-order valence-corrected chi connectivity index (χ4v) is 3.30. The maximum atomic E-state index is 12.2. The molecule has 3 unspecified atom stereocenters. The molecule has 2 aliphatic rings. The van der Waals surface area contributed by atoms with Crippen molar-refractivity contribution in [3.8, 4) is 0 Å². The quantitative estimate of drug-likeness (QED) is 0.642. The van der Waals surface area contributed by atoms with E-state index in [0.717, 1.165) is 12.8 Å². The van der Waals surface area contributed by atoms with Gasteiger partial charge in [-0.25, -0.2) is 4.79 Å². The number of benzene rings is 1. The van der Waals surface area contributed by atoms with Crippen LogP contribution in [0.3, 0.4) is 0 Å². The summed E-state index contributed by atoms with van der Waals surface area (Å²) in [5.74, 6) is 0.539. The molecule has 3 rings (SSSR count). The molecule has 7 heteroatoms. The van der Waals surface area contributed by atoms with E-state index in [-0.39, 0.29) is 23.7 Å². The molecule has 1 aromatic rings. The van der Waals surface area contributed by atoms with Crippen LogP contribution in [-0.4, -0.2) is 40.2 Å². The molecule has 3 atom stereocenters. The lowest BCUT2D eigenvalue weighted by molar-refractivity contribution is -0.384. The predicted molar refractivity (Wildman–Crippen MR) is 75.9 cm³/mol. The van der Waals surface area contributed by atoms with Gasteiger partial charge in [-0.15, -0.1) is 0 Å². The summed E-state index contributed by atoms with van der Waals surface area (Å²) in [6, 6.07) is 5.61. The summed E-state index contributed by atoms with van der Waals surface area (Å²) in [5.41, 5.74) is 0.355. The number of nitrogens with one attached hydrogen (secondary N) is 1. The fraction of sp³-hybridized carbons (Fsp3) is 0.500. The van der Waals surface area contributed by atoms with Crippen molar-refractivity contribution in [3.05, 3.63) is 34.4 Å². The van der Waals surface area contributed by atoms with Crippen LogP contribution in [0.2, 0.25) is 0 Å². The number of carbonyl (C=O) groups excluding carboxylic acids is 1. The highest BCUT2D eigenvalue weighted by molar-refractivity contribution is 5.89. The number of rotatable bonds is 2. The third-order valence-corrected chi connectivity index (χ3v) is 4.41. The molecule has 2 fully saturated rings. The molecule has 1 aliphatic carbocycles. The second-order valence-electron chi connectivity index (χ2n) is 5.71. The second-order valence-corrected chi connectivity index (χ2v) is 5.71. The van der Waals surface area contributed by atoms with E-state index in [4.69, 9.17) is 0 Å². The topological polar surface area (TPSA) is 95.7 Å². The lowest BCUT2D eigenvalue weighted by Crippen LogP contribution is -2.34. The van der Waals surface area contributed by atoms with Crippen molar-refractivity contribution in [1.29, 1.82) is 0 Å². The van der Waals surface area contributed by atoms with Crippen molar-refractivity contribution >= 4 is 17.4 Å². The molecule has 0 radical (unpaired) electrons. The van der Waals surface area contributed by atoms with Crippen LogP contribution in [-0.2, 0) is 0 Å². The van der Waals surface area contributed by atoms with Gasteiger partial charge in [0.25, 0.3) is 5.69 Å². The van der Waals surface area contributed by atoms with Crippen molar-refractivity contribution in [2.45, 2.75) is 18.9 Å². The van der Waals surface area contributed by atoms with Crippen LogP contribution in [0.15, 0.2) is 24.3 Å². The maximum absolute atomic E-state index is 12.2. The molecule has 2 amide bonds. The van der Waals surface area contributed by atoms with Crippen molar-refractivity contribution in [3.63, 3.8) is 0 Å². The second kappa shape index (κ2) is 5.33. The van der Waals surface area contributed by atoms with E-state index in [1.807, 2.05) is 0 Å². The number of nitro groups is 1. The van der Waals surface area contributed by atoms with E-state index in [9.17, 15) is 20.0 Å². The number of anilines is 1. The van der Waals surface area contributed by atoms with Gasteiger partial charge in [0.1, 0.15) is 0 Å². The normalized spacial score (nSPS) is 27.5. The Balaban J connectivity index is 1.65. The number of non-ortho nitro benzene ring substituents is 1. The highest BCUT2D eigenvalue weighted by Crippen LogP contribution is 2.38. The fourth-order valence-electron chi connectivity index (χ4n) is 3.30. The number of nitrogens with zero attached hydrogens (tertiary/aromatic N) is 2. The number of likely N-dealkylation sites (tertiary alicyclic amines) is 1. The first kappa shape index (κ1) is 13.8. The van der Waals surface area contributed by atoms with E-state index in [1.165, 1.54) is 18.2 Å². The van der Waals surface area contributed by atoms with Gasteiger partial charge in [0, 0.05) is 36.8 Å². The first-order valence-electron chi connectivity index (χ1n) is 7.03. The number of fused-ring (bicyclic) bond motifs is 1. The molecular formula is C14H17N3O4. The molecule has 2 N–H and O–H groups in total. The molecule has 21 heavy (non-hydrogen) atoms. The van der Waals surface area contributed by atoms with Crippen LogP contribution >= 0.6 is 0 Å². The summed E-state index contributed by atoms with van der Waals surface area (Å²) >= 11 is 0. The van der Waals surface area contributed by atoms with Crippen LogP contribution < -0.4 is 5.32 Å². The van der Waals surface area contributed by atoms with Crippen molar-refractivity contribution in [1.82, 2.24) is 4.90 Å². The number of amides is 2. The van der Waals surface area contributed by atoms with E-state index in [2.05, 4.69) is 5.32 Å². The van der Waals surface area contributed by atoms with Crippen molar-refractivity contribution in [2.24, 2.45) is 11.8 Å². The molecule has 1 aliphatic heterocycles. The monoisotopic (exact) mass is 291 g/mol. The summed E-state index contributed by atoms with van der Waals surface area (Å²) < 4.78 is 0. The number of carbonyl (C=O) groups is 1. The number of aliphatic hydroxyl groups excluding tert-OH is 1. The number of urea groups is 1. The van der Waals surface area contributed by atoms with Gasteiger partial charge in [0.2, 0.25) is 0 Å². The van der Waals surface area contributed by atoms with E-state index in [1.54, 1.807) is 11.0 Å². The van der Waals surface area contributed by atoms with E-state index >= 15 is 0 Å². The van der Waals surface area contributed by atoms with Gasteiger partial charge in [-0.2, -0.15) is 0 Å². The molecule has 7 nitrogen and oxygen atoms in total. The van der Waals surface area contributed by atoms with Crippen LogP contribution in [0, 0.1) is 22.0 Å². The Hall–Kier alpha value is -2.15. The Morgan fingerprint density at radius 3 is 2.90 bits per heavy atom. The Labute approximate surface area is 121 Å². The maximum Gasteiger partial charge on any atom is 0.321 e. The van der Waals surface area contributed by atoms with Crippen molar-refractivity contribution < 1.29 is 14.8 Å². The average Bonchev–Trinajstić information content (AvgIpc) is 3.02. The van der Waals surface area contributed by atoms with Crippen LogP contribution in [0.1, 0.15) is 12.8 Å². The average molecular weight is 291 g/mol. The van der Waals surface area contributed by atoms with Gasteiger partial charge in [-0.05, 0) is 24.8 Å². The van der Waals surface area contributed by atoms with Gasteiger partial charge in [0.15, 0.2) is 0 Å². The molecular weight excluding hydrogens is 274 g/mol. The molecule has 1 heterocycles. The number of aliphatic hydroxyl groups is 1. The minimum atomic E-state index is -0.494. The molecule has 112 valence electrons. The largest absolute Gasteiger partial charge is 0.393 e. The standard InChI is InChI=1S/C14H17N3O4/c18-13-5-4-9-7-16(8-12(9)13)14(19)15-10-2-1-3-11(6-10)17(20)21/h1-3,6,9,12-13,18H,4-5,7-8H2,(H,15,19). The zero-order chi connectivity index (χ0) is 15.0. The lowest BCUT2D eigenvalue weighted by atomic mass is 10.00. The molecule has 1 saturated carbocycles. The summed E-state index contributed by atoms with van der Waals surface area (Å²) in [7, 11) is 0. The Morgan fingerprint density at radius 1 is 1.38 bits per heavy atom. The minimum absolute atomic E-state index is 0.0542. The number of hydrogen-bond acceptors (Lipinski definition) is 4. The Bertz CT molecular complexity index is 577. The highest BCUT2D eigenvalue weighted by atomic mass is 16.6.